The lowest BCUT2D eigenvalue weighted by Gasteiger charge is -2.19. The number of benzene rings is 1. The fraction of sp³-hybridized carbons (Fsp3) is 0.385. The van der Waals surface area contributed by atoms with E-state index in [-0.39, 0.29) is 0 Å². The second kappa shape index (κ2) is 4.39. The van der Waals surface area contributed by atoms with Gasteiger partial charge in [0.15, 0.2) is 0 Å². The van der Waals surface area contributed by atoms with Crippen LogP contribution in [-0.4, -0.2) is 13.2 Å². The third-order valence-corrected chi connectivity index (χ3v) is 2.68. The Morgan fingerprint density at radius 1 is 1.53 bits per heavy atom. The van der Waals surface area contributed by atoms with E-state index in [1.54, 1.807) is 0 Å². The fourth-order valence-electron chi connectivity index (χ4n) is 1.91. The lowest BCUT2D eigenvalue weighted by atomic mass is 10.0. The van der Waals surface area contributed by atoms with Crippen molar-refractivity contribution in [3.8, 4) is 0 Å². The maximum absolute atomic E-state index is 5.40. The Balaban J connectivity index is 2.24. The third kappa shape index (κ3) is 2.14. The highest BCUT2D eigenvalue weighted by Gasteiger charge is 2.09. The summed E-state index contributed by atoms with van der Waals surface area (Å²) in [5.41, 5.74) is 3.73. The molecule has 2 heteroatoms. The van der Waals surface area contributed by atoms with E-state index in [4.69, 9.17) is 4.74 Å². The van der Waals surface area contributed by atoms with E-state index in [1.165, 1.54) is 17.7 Å². The fourth-order valence-corrected chi connectivity index (χ4v) is 1.91. The van der Waals surface area contributed by atoms with Crippen molar-refractivity contribution < 1.29 is 4.74 Å². The van der Waals surface area contributed by atoms with Gasteiger partial charge in [0, 0.05) is 17.8 Å². The standard InChI is InChI=1S/C13H17NO/c1-3-15-10(2)11-6-7-13-12(9-11)5-4-8-14-13/h6-7,9,14H,2-5,8H2,1H3. The van der Waals surface area contributed by atoms with Crippen LogP contribution in [0.2, 0.25) is 0 Å². The molecular formula is C13H17NO. The average Bonchev–Trinajstić information content (AvgIpc) is 2.29. The largest absolute Gasteiger partial charge is 0.494 e. The number of nitrogens with one attached hydrogen (secondary N) is 1. The van der Waals surface area contributed by atoms with Crippen LogP contribution in [0.25, 0.3) is 5.76 Å². The highest BCUT2D eigenvalue weighted by molar-refractivity contribution is 5.64. The maximum Gasteiger partial charge on any atom is 0.119 e. The van der Waals surface area contributed by atoms with E-state index in [1.807, 2.05) is 6.92 Å². The zero-order chi connectivity index (χ0) is 10.7. The van der Waals surface area contributed by atoms with E-state index in [0.29, 0.717) is 6.61 Å². The molecule has 2 nitrogen and oxygen atoms in total. The lowest BCUT2D eigenvalue weighted by molar-refractivity contribution is 0.299. The summed E-state index contributed by atoms with van der Waals surface area (Å²) < 4.78 is 5.40. The molecule has 80 valence electrons. The molecule has 1 N–H and O–H groups in total. The predicted octanol–water partition coefficient (Wildman–Crippen LogP) is 3.05. The molecule has 0 amide bonds. The summed E-state index contributed by atoms with van der Waals surface area (Å²) in [6.07, 6.45) is 2.35. The Bertz CT molecular complexity index is 371. The quantitative estimate of drug-likeness (QED) is 0.762. The van der Waals surface area contributed by atoms with Crippen LogP contribution in [-0.2, 0) is 11.2 Å². The number of fused-ring (bicyclic) bond motifs is 1. The molecule has 1 aliphatic heterocycles. The number of anilines is 1. The average molecular weight is 203 g/mol. The van der Waals surface area contributed by atoms with Crippen molar-refractivity contribution in [2.75, 3.05) is 18.5 Å². The van der Waals surface area contributed by atoms with Crippen LogP contribution in [0.1, 0.15) is 24.5 Å². The van der Waals surface area contributed by atoms with Gasteiger partial charge in [-0.15, -0.1) is 0 Å². The number of ether oxygens (including phenoxy) is 1. The van der Waals surface area contributed by atoms with E-state index < -0.39 is 0 Å². The van der Waals surface area contributed by atoms with Crippen LogP contribution in [0, 0.1) is 0 Å². The summed E-state index contributed by atoms with van der Waals surface area (Å²) in [4.78, 5) is 0. The number of aryl methyl sites for hydroxylation is 1. The first-order valence-electron chi connectivity index (χ1n) is 5.50. The SMILES string of the molecule is C=C(OCC)c1ccc2c(c1)CCCN2. The molecule has 1 heterocycles. The molecule has 1 aromatic rings. The maximum atomic E-state index is 5.40. The highest BCUT2D eigenvalue weighted by atomic mass is 16.5. The number of rotatable bonds is 3. The third-order valence-electron chi connectivity index (χ3n) is 2.68. The van der Waals surface area contributed by atoms with Crippen LogP contribution in [0.15, 0.2) is 24.8 Å². The molecule has 15 heavy (non-hydrogen) atoms. The molecule has 0 unspecified atom stereocenters. The Kier molecular flexibility index (Phi) is 2.95. The van der Waals surface area contributed by atoms with E-state index in [2.05, 4.69) is 30.1 Å². The first kappa shape index (κ1) is 10.1. The molecular weight excluding hydrogens is 186 g/mol. The molecule has 1 aliphatic rings. The van der Waals surface area contributed by atoms with Gasteiger partial charge in [0.1, 0.15) is 5.76 Å². The van der Waals surface area contributed by atoms with Crippen LogP contribution in [0.4, 0.5) is 5.69 Å². The number of hydrogen-bond donors (Lipinski definition) is 1. The summed E-state index contributed by atoms with van der Waals surface area (Å²) in [6.45, 7) is 7.66. The van der Waals surface area contributed by atoms with Crippen molar-refractivity contribution in [2.24, 2.45) is 0 Å². The Morgan fingerprint density at radius 2 is 2.40 bits per heavy atom. The molecule has 0 aromatic heterocycles. The molecule has 0 spiro atoms. The van der Waals surface area contributed by atoms with Gasteiger partial charge in [-0.1, -0.05) is 6.58 Å². The first-order chi connectivity index (χ1) is 7.31. The second-order valence-electron chi connectivity index (χ2n) is 3.76. The Morgan fingerprint density at radius 3 is 3.20 bits per heavy atom. The van der Waals surface area contributed by atoms with Gasteiger partial charge in [-0.2, -0.15) is 0 Å². The summed E-state index contributed by atoms with van der Waals surface area (Å²) in [7, 11) is 0. The predicted molar refractivity (Wildman–Crippen MR) is 63.9 cm³/mol. The Labute approximate surface area is 91.0 Å². The van der Waals surface area contributed by atoms with Crippen LogP contribution in [0.3, 0.4) is 0 Å². The molecule has 0 bridgehead atoms. The van der Waals surface area contributed by atoms with Crippen molar-refractivity contribution in [3.05, 3.63) is 35.9 Å². The molecule has 0 fully saturated rings. The van der Waals surface area contributed by atoms with E-state index in [0.717, 1.165) is 24.3 Å². The molecule has 0 atom stereocenters. The zero-order valence-corrected chi connectivity index (χ0v) is 9.18. The molecule has 2 rings (SSSR count). The zero-order valence-electron chi connectivity index (χ0n) is 9.18. The normalized spacial score (nSPS) is 13.9. The summed E-state index contributed by atoms with van der Waals surface area (Å²) in [5, 5.41) is 3.39. The van der Waals surface area contributed by atoms with Gasteiger partial charge in [0.25, 0.3) is 0 Å². The van der Waals surface area contributed by atoms with Gasteiger partial charge in [0.05, 0.1) is 6.61 Å². The van der Waals surface area contributed by atoms with Gasteiger partial charge in [-0.25, -0.2) is 0 Å². The number of hydrogen-bond acceptors (Lipinski definition) is 2. The first-order valence-corrected chi connectivity index (χ1v) is 5.50. The van der Waals surface area contributed by atoms with Gasteiger partial charge < -0.3 is 10.1 Å². The van der Waals surface area contributed by atoms with Crippen LogP contribution in [0.5, 0.6) is 0 Å². The van der Waals surface area contributed by atoms with E-state index >= 15 is 0 Å². The topological polar surface area (TPSA) is 21.3 Å². The van der Waals surface area contributed by atoms with Crippen molar-refractivity contribution in [2.45, 2.75) is 19.8 Å². The summed E-state index contributed by atoms with van der Waals surface area (Å²) in [5.74, 6) is 0.769. The van der Waals surface area contributed by atoms with Gasteiger partial charge in [0.2, 0.25) is 0 Å². The van der Waals surface area contributed by atoms with Crippen molar-refractivity contribution in [1.82, 2.24) is 0 Å². The van der Waals surface area contributed by atoms with Crippen molar-refractivity contribution in [3.63, 3.8) is 0 Å². The Hall–Kier alpha value is -1.44. The summed E-state index contributed by atoms with van der Waals surface area (Å²) >= 11 is 0. The minimum absolute atomic E-state index is 0.675. The van der Waals surface area contributed by atoms with Crippen LogP contribution < -0.4 is 5.32 Å². The van der Waals surface area contributed by atoms with Crippen molar-refractivity contribution in [1.29, 1.82) is 0 Å². The second-order valence-corrected chi connectivity index (χ2v) is 3.76. The molecule has 0 saturated heterocycles. The van der Waals surface area contributed by atoms with Gasteiger partial charge in [-0.05, 0) is 43.5 Å². The summed E-state index contributed by atoms with van der Waals surface area (Å²) in [6, 6.07) is 6.36. The molecule has 0 saturated carbocycles. The van der Waals surface area contributed by atoms with Gasteiger partial charge in [-0.3, -0.25) is 0 Å². The molecule has 0 aliphatic carbocycles. The lowest BCUT2D eigenvalue weighted by Crippen LogP contribution is -2.11. The van der Waals surface area contributed by atoms with E-state index in [9.17, 15) is 0 Å². The van der Waals surface area contributed by atoms with Crippen molar-refractivity contribution >= 4 is 11.4 Å². The molecule has 1 aromatic carbocycles. The minimum atomic E-state index is 0.675. The highest BCUT2D eigenvalue weighted by Crippen LogP contribution is 2.25. The smallest absolute Gasteiger partial charge is 0.119 e. The monoisotopic (exact) mass is 203 g/mol. The van der Waals surface area contributed by atoms with Gasteiger partial charge >= 0.3 is 0 Å². The van der Waals surface area contributed by atoms with Crippen LogP contribution >= 0.6 is 0 Å². The minimum Gasteiger partial charge on any atom is -0.494 e. The molecule has 0 radical (unpaired) electrons.